The van der Waals surface area contributed by atoms with Crippen LogP contribution in [0.25, 0.3) is 0 Å². The fourth-order valence-electron chi connectivity index (χ4n) is 5.59. The maximum Gasteiger partial charge on any atom is -0.0261 e. The first-order valence-electron chi connectivity index (χ1n) is 5.82. The molecule has 5 aliphatic rings. The van der Waals surface area contributed by atoms with E-state index in [0.717, 1.165) is 5.41 Å². The average Bonchev–Trinajstić information content (AvgIpc) is 2.50. The molecule has 0 nitrogen and oxygen atoms in total. The van der Waals surface area contributed by atoms with Crippen molar-refractivity contribution >= 4 is 0 Å². The zero-order valence-electron chi connectivity index (χ0n) is 7.92. The van der Waals surface area contributed by atoms with Crippen molar-refractivity contribution < 1.29 is 0 Å². The third kappa shape index (κ3) is 0.459. The second-order valence-corrected chi connectivity index (χ2v) is 6.02. The predicted molar refractivity (Wildman–Crippen MR) is 48.6 cm³/mol. The highest BCUT2D eigenvalue weighted by atomic mass is 14.8. The zero-order chi connectivity index (χ0) is 7.92. The van der Waals surface area contributed by atoms with Gasteiger partial charge >= 0.3 is 0 Å². The molecule has 5 fully saturated rings. The second-order valence-electron chi connectivity index (χ2n) is 6.02. The Morgan fingerprint density at radius 1 is 1.17 bits per heavy atom. The van der Waals surface area contributed by atoms with E-state index < -0.39 is 0 Å². The Kier molecular flexibility index (Phi) is 0.875. The fraction of sp³-hybridized carbons (Fsp3) is 1.00. The van der Waals surface area contributed by atoms with Crippen LogP contribution in [0.5, 0.6) is 0 Å². The van der Waals surface area contributed by atoms with Crippen molar-refractivity contribution in [3.8, 4) is 0 Å². The van der Waals surface area contributed by atoms with Crippen LogP contribution in [0.15, 0.2) is 0 Å². The summed E-state index contributed by atoms with van der Waals surface area (Å²) in [6, 6.07) is 0. The van der Waals surface area contributed by atoms with Gasteiger partial charge in [-0.05, 0) is 54.3 Å². The quantitative estimate of drug-likeness (QED) is 0.513. The molecule has 0 aliphatic heterocycles. The lowest BCUT2D eigenvalue weighted by molar-refractivity contribution is 0.202. The maximum atomic E-state index is 2.62. The van der Waals surface area contributed by atoms with E-state index in [2.05, 4.69) is 6.92 Å². The predicted octanol–water partition coefficient (Wildman–Crippen LogP) is 3.08. The average molecular weight is 162 g/mol. The van der Waals surface area contributed by atoms with Gasteiger partial charge in [-0.15, -0.1) is 0 Å². The molecule has 0 aromatic carbocycles. The molecule has 0 heterocycles. The van der Waals surface area contributed by atoms with Crippen molar-refractivity contribution in [2.45, 2.75) is 39.0 Å². The van der Waals surface area contributed by atoms with Crippen LogP contribution in [0.3, 0.4) is 0 Å². The third-order valence-electron chi connectivity index (χ3n) is 5.88. The highest BCUT2D eigenvalue weighted by Gasteiger charge is 2.77. The summed E-state index contributed by atoms with van der Waals surface area (Å²) < 4.78 is 0. The van der Waals surface area contributed by atoms with E-state index in [1.807, 2.05) is 0 Å². The summed E-state index contributed by atoms with van der Waals surface area (Å²) in [5.74, 6) is 6.06. The molecule has 0 radical (unpaired) electrons. The standard InChI is InChI=1S/C12H18/c1-12-5-3-2-4-7-9(12)6-8-10(7)11(8)12/h7-11H,2-6H2,1H3/t7-,8+,9-,10-,11+,12+/m1/s1. The lowest BCUT2D eigenvalue weighted by Gasteiger charge is -2.28. The topological polar surface area (TPSA) is 0 Å². The summed E-state index contributed by atoms with van der Waals surface area (Å²) in [5.41, 5.74) is 0.844. The van der Waals surface area contributed by atoms with Gasteiger partial charge in [0.2, 0.25) is 0 Å². The Hall–Kier alpha value is 0. The lowest BCUT2D eigenvalue weighted by Crippen LogP contribution is -2.21. The van der Waals surface area contributed by atoms with E-state index in [9.17, 15) is 0 Å². The number of rotatable bonds is 0. The van der Waals surface area contributed by atoms with E-state index in [0.29, 0.717) is 0 Å². The molecule has 0 unspecified atom stereocenters. The number of hydrogen-bond donors (Lipinski definition) is 0. The van der Waals surface area contributed by atoms with Crippen LogP contribution in [0, 0.1) is 35.0 Å². The van der Waals surface area contributed by atoms with Gasteiger partial charge < -0.3 is 0 Å². The maximum absolute atomic E-state index is 2.62. The van der Waals surface area contributed by atoms with Crippen molar-refractivity contribution in [3.05, 3.63) is 0 Å². The van der Waals surface area contributed by atoms with Gasteiger partial charge in [0.15, 0.2) is 0 Å². The Labute approximate surface area is 74.7 Å². The summed E-state index contributed by atoms with van der Waals surface area (Å²) in [4.78, 5) is 0. The van der Waals surface area contributed by atoms with Crippen LogP contribution in [-0.2, 0) is 0 Å². The fourth-order valence-corrected chi connectivity index (χ4v) is 5.59. The van der Waals surface area contributed by atoms with Crippen LogP contribution < -0.4 is 0 Å². The van der Waals surface area contributed by atoms with Crippen molar-refractivity contribution in [2.75, 3.05) is 0 Å². The van der Waals surface area contributed by atoms with Gasteiger partial charge in [0.25, 0.3) is 0 Å². The molecule has 0 N–H and O–H groups in total. The molecule has 0 spiro atoms. The molecule has 5 aliphatic carbocycles. The Balaban J connectivity index is 1.86. The molecular weight excluding hydrogens is 144 g/mol. The van der Waals surface area contributed by atoms with E-state index in [1.54, 1.807) is 32.1 Å². The highest BCUT2D eigenvalue weighted by molar-refractivity contribution is 5.25. The zero-order valence-corrected chi connectivity index (χ0v) is 7.92. The molecule has 0 amide bonds. The van der Waals surface area contributed by atoms with Gasteiger partial charge in [0.05, 0.1) is 0 Å². The van der Waals surface area contributed by atoms with Crippen molar-refractivity contribution in [3.63, 3.8) is 0 Å². The van der Waals surface area contributed by atoms with Gasteiger partial charge in [-0.1, -0.05) is 19.8 Å². The molecule has 5 saturated carbocycles. The molecular formula is C12H18. The van der Waals surface area contributed by atoms with E-state index in [-0.39, 0.29) is 0 Å². The van der Waals surface area contributed by atoms with Gasteiger partial charge in [0.1, 0.15) is 0 Å². The molecule has 6 bridgehead atoms. The van der Waals surface area contributed by atoms with Crippen molar-refractivity contribution in [2.24, 2.45) is 35.0 Å². The molecule has 0 aromatic heterocycles. The van der Waals surface area contributed by atoms with Gasteiger partial charge in [-0.25, -0.2) is 0 Å². The second kappa shape index (κ2) is 1.63. The van der Waals surface area contributed by atoms with Crippen LogP contribution >= 0.6 is 0 Å². The van der Waals surface area contributed by atoms with Gasteiger partial charge in [-0.3, -0.25) is 0 Å². The van der Waals surface area contributed by atoms with Gasteiger partial charge in [-0.2, -0.15) is 0 Å². The minimum Gasteiger partial charge on any atom is -0.0591 e. The van der Waals surface area contributed by atoms with Crippen LogP contribution in [-0.4, -0.2) is 0 Å². The Morgan fingerprint density at radius 2 is 2.08 bits per heavy atom. The SMILES string of the molecule is C[C@]12CCCC[C@H]3[C@@H]4[C@H](C[C@H]31)[C@@H]42. The summed E-state index contributed by atoms with van der Waals surface area (Å²) in [5, 5.41) is 0. The minimum atomic E-state index is 0.844. The first-order valence-corrected chi connectivity index (χ1v) is 5.82. The Morgan fingerprint density at radius 3 is 2.92 bits per heavy atom. The molecule has 6 atom stereocenters. The smallest absolute Gasteiger partial charge is 0.0261 e. The van der Waals surface area contributed by atoms with Crippen LogP contribution in [0.2, 0.25) is 0 Å². The third-order valence-corrected chi connectivity index (χ3v) is 5.88. The normalized spacial score (nSPS) is 71.2. The molecule has 0 saturated heterocycles. The summed E-state index contributed by atoms with van der Waals surface area (Å²) in [6.45, 7) is 2.62. The van der Waals surface area contributed by atoms with E-state index >= 15 is 0 Å². The minimum absolute atomic E-state index is 0.844. The van der Waals surface area contributed by atoms with E-state index in [1.165, 1.54) is 29.6 Å². The molecule has 0 heteroatoms. The van der Waals surface area contributed by atoms with Gasteiger partial charge in [0, 0.05) is 0 Å². The van der Waals surface area contributed by atoms with Crippen molar-refractivity contribution in [1.29, 1.82) is 0 Å². The summed E-state index contributed by atoms with van der Waals surface area (Å²) in [7, 11) is 0. The van der Waals surface area contributed by atoms with Crippen molar-refractivity contribution in [1.82, 2.24) is 0 Å². The largest absolute Gasteiger partial charge is 0.0591 e. The summed E-state index contributed by atoms with van der Waals surface area (Å²) in [6.07, 6.45) is 7.90. The first kappa shape index (κ1) is 6.45. The molecule has 0 aromatic rings. The first-order chi connectivity index (χ1) is 5.82. The summed E-state index contributed by atoms with van der Waals surface area (Å²) >= 11 is 0. The molecule has 12 heavy (non-hydrogen) atoms. The van der Waals surface area contributed by atoms with Crippen LogP contribution in [0.1, 0.15) is 39.0 Å². The Bertz CT molecular complexity index is 244. The highest BCUT2D eigenvalue weighted by Crippen LogP contribution is 2.83. The molecule has 66 valence electrons. The van der Waals surface area contributed by atoms with E-state index in [4.69, 9.17) is 0 Å². The monoisotopic (exact) mass is 162 g/mol. The molecule has 5 rings (SSSR count). The lowest BCUT2D eigenvalue weighted by atomic mass is 9.76. The van der Waals surface area contributed by atoms with Crippen LogP contribution in [0.4, 0.5) is 0 Å². The number of hydrogen-bond acceptors (Lipinski definition) is 0.